The number of esters is 1. The van der Waals surface area contributed by atoms with E-state index in [0.29, 0.717) is 27.8 Å². The molecule has 2 atom stereocenters. The Morgan fingerprint density at radius 3 is 2.47 bits per heavy atom. The summed E-state index contributed by atoms with van der Waals surface area (Å²) in [6, 6.07) is 11.4. The van der Waals surface area contributed by atoms with Crippen molar-refractivity contribution in [3.8, 4) is 11.5 Å². The summed E-state index contributed by atoms with van der Waals surface area (Å²) in [5.74, 6) is -0.781. The van der Waals surface area contributed by atoms with E-state index in [2.05, 4.69) is 0 Å². The first-order valence-corrected chi connectivity index (χ1v) is 10.9. The van der Waals surface area contributed by atoms with E-state index in [1.54, 1.807) is 42.5 Å². The van der Waals surface area contributed by atoms with Crippen LogP contribution in [0.2, 0.25) is 5.02 Å². The number of Topliss-reactive ketones (excluding diaryl/α,β-unsaturated/α-hetero) is 1. The van der Waals surface area contributed by atoms with Crippen LogP contribution in [-0.4, -0.2) is 50.4 Å². The Kier molecular flexibility index (Phi) is 7.99. The van der Waals surface area contributed by atoms with Crippen molar-refractivity contribution < 1.29 is 28.6 Å². The van der Waals surface area contributed by atoms with Crippen molar-refractivity contribution in [3.05, 3.63) is 53.1 Å². The number of alkyl halides is 1. The lowest BCUT2D eigenvalue weighted by atomic mass is 10.0. The van der Waals surface area contributed by atoms with Gasteiger partial charge < -0.3 is 19.1 Å². The molecular formula is C23H23Cl2NO6. The number of rotatable bonds is 9. The predicted octanol–water partition coefficient (Wildman–Crippen LogP) is 4.13. The molecule has 7 nitrogen and oxygen atoms in total. The molecule has 1 aliphatic rings. The molecule has 170 valence electrons. The van der Waals surface area contributed by atoms with E-state index in [0.717, 1.165) is 0 Å². The molecule has 9 heteroatoms. The lowest BCUT2D eigenvalue weighted by Crippen LogP contribution is -2.32. The Hall–Kier alpha value is -2.77. The number of carbonyl (C=O) groups excluding carboxylic acids is 3. The Morgan fingerprint density at radius 1 is 1.12 bits per heavy atom. The summed E-state index contributed by atoms with van der Waals surface area (Å²) in [7, 11) is 3.02. The first-order chi connectivity index (χ1) is 15.4. The molecule has 1 fully saturated rings. The van der Waals surface area contributed by atoms with Gasteiger partial charge in [-0.05, 0) is 36.4 Å². The third kappa shape index (κ3) is 5.34. The van der Waals surface area contributed by atoms with Gasteiger partial charge in [0.25, 0.3) is 0 Å². The molecule has 0 bridgehead atoms. The van der Waals surface area contributed by atoms with Gasteiger partial charge in [-0.15, -0.1) is 11.6 Å². The number of methoxy groups -OCH3 is 2. The molecule has 0 aliphatic carbocycles. The zero-order chi connectivity index (χ0) is 23.3. The Labute approximate surface area is 196 Å². The number of carbonyl (C=O) groups is 3. The molecule has 2 aromatic rings. The monoisotopic (exact) mass is 479 g/mol. The highest BCUT2D eigenvalue weighted by Crippen LogP contribution is 2.36. The normalized spacial score (nSPS) is 16.6. The number of nitrogens with zero attached hydrogens (tertiary/aromatic N) is 1. The van der Waals surface area contributed by atoms with Crippen LogP contribution in [0.4, 0.5) is 5.69 Å². The van der Waals surface area contributed by atoms with Crippen molar-refractivity contribution >= 4 is 46.5 Å². The van der Waals surface area contributed by atoms with Crippen LogP contribution in [0.25, 0.3) is 0 Å². The standard InChI is InChI=1S/C23H23Cl2NO6/c1-30-17-7-8-18(20(12-17)31-2)26-13-15(11-21(26)27)23(29)32-19(9-10-24)22(28)14-3-5-16(25)6-4-14/h3-8,12,15,19H,9-11,13H2,1-2H3/t15-,19+/m1/s1. The van der Waals surface area contributed by atoms with E-state index in [9.17, 15) is 14.4 Å². The van der Waals surface area contributed by atoms with Gasteiger partial charge in [0, 0.05) is 41.9 Å². The zero-order valence-corrected chi connectivity index (χ0v) is 19.2. The van der Waals surface area contributed by atoms with Crippen LogP contribution in [0.15, 0.2) is 42.5 Å². The number of halogens is 2. The van der Waals surface area contributed by atoms with Gasteiger partial charge in [-0.25, -0.2) is 0 Å². The number of anilines is 1. The fourth-order valence-corrected chi connectivity index (χ4v) is 3.81. The van der Waals surface area contributed by atoms with Crippen molar-refractivity contribution in [2.24, 2.45) is 5.92 Å². The molecule has 3 rings (SSSR count). The number of hydrogen-bond donors (Lipinski definition) is 0. The Bertz CT molecular complexity index is 994. The summed E-state index contributed by atoms with van der Waals surface area (Å²) in [5.41, 5.74) is 0.896. The molecule has 32 heavy (non-hydrogen) atoms. The molecule has 1 aliphatic heterocycles. The fourth-order valence-electron chi connectivity index (χ4n) is 3.49. The van der Waals surface area contributed by atoms with E-state index in [1.807, 2.05) is 0 Å². The second-order valence-electron chi connectivity index (χ2n) is 7.22. The quantitative estimate of drug-likeness (QED) is 0.305. The third-order valence-corrected chi connectivity index (χ3v) is 5.66. The van der Waals surface area contributed by atoms with Crippen molar-refractivity contribution in [2.45, 2.75) is 18.9 Å². The van der Waals surface area contributed by atoms with Crippen molar-refractivity contribution in [1.29, 1.82) is 0 Å². The van der Waals surface area contributed by atoms with Gasteiger partial charge in [-0.1, -0.05) is 11.6 Å². The lowest BCUT2D eigenvalue weighted by molar-refractivity contribution is -0.151. The number of ketones is 1. The van der Waals surface area contributed by atoms with E-state index in [1.165, 1.54) is 19.1 Å². The largest absolute Gasteiger partial charge is 0.497 e. The lowest BCUT2D eigenvalue weighted by Gasteiger charge is -2.21. The molecule has 1 amide bonds. The summed E-state index contributed by atoms with van der Waals surface area (Å²) in [5, 5.41) is 0.492. The summed E-state index contributed by atoms with van der Waals surface area (Å²) >= 11 is 11.7. The van der Waals surface area contributed by atoms with Crippen molar-refractivity contribution in [2.75, 3.05) is 31.5 Å². The van der Waals surface area contributed by atoms with Gasteiger partial charge in [0.05, 0.1) is 25.8 Å². The molecule has 0 spiro atoms. The average molecular weight is 480 g/mol. The smallest absolute Gasteiger partial charge is 0.312 e. The summed E-state index contributed by atoms with van der Waals surface area (Å²) in [6.45, 7) is 0.114. The summed E-state index contributed by atoms with van der Waals surface area (Å²) in [4.78, 5) is 39.8. The van der Waals surface area contributed by atoms with Gasteiger partial charge in [0.15, 0.2) is 6.10 Å². The first-order valence-electron chi connectivity index (χ1n) is 9.96. The zero-order valence-electron chi connectivity index (χ0n) is 17.7. The molecule has 0 aromatic heterocycles. The molecule has 0 saturated carbocycles. The molecule has 0 N–H and O–H groups in total. The average Bonchev–Trinajstić information content (AvgIpc) is 3.19. The van der Waals surface area contributed by atoms with Crippen LogP contribution >= 0.6 is 23.2 Å². The highest BCUT2D eigenvalue weighted by molar-refractivity contribution is 6.30. The minimum absolute atomic E-state index is 0.0310. The van der Waals surface area contributed by atoms with Crippen LogP contribution in [-0.2, 0) is 14.3 Å². The Balaban J connectivity index is 1.73. The second-order valence-corrected chi connectivity index (χ2v) is 8.03. The predicted molar refractivity (Wildman–Crippen MR) is 121 cm³/mol. The molecule has 1 heterocycles. The topological polar surface area (TPSA) is 82.1 Å². The van der Waals surface area contributed by atoms with Crippen LogP contribution in [0.1, 0.15) is 23.2 Å². The third-order valence-electron chi connectivity index (χ3n) is 5.19. The van der Waals surface area contributed by atoms with Crippen molar-refractivity contribution in [1.82, 2.24) is 0 Å². The van der Waals surface area contributed by atoms with Crippen LogP contribution < -0.4 is 14.4 Å². The highest BCUT2D eigenvalue weighted by Gasteiger charge is 2.39. The number of benzene rings is 2. The van der Waals surface area contributed by atoms with Gasteiger partial charge in [-0.2, -0.15) is 0 Å². The maximum absolute atomic E-state index is 12.8. The molecule has 0 radical (unpaired) electrons. The number of amides is 1. The van der Waals surface area contributed by atoms with Crippen molar-refractivity contribution in [3.63, 3.8) is 0 Å². The van der Waals surface area contributed by atoms with E-state index >= 15 is 0 Å². The van der Waals surface area contributed by atoms with Gasteiger partial charge in [0.2, 0.25) is 11.7 Å². The van der Waals surface area contributed by atoms with Crippen LogP contribution in [0.5, 0.6) is 11.5 Å². The maximum atomic E-state index is 12.8. The number of hydrogen-bond acceptors (Lipinski definition) is 6. The van der Waals surface area contributed by atoms with E-state index in [-0.39, 0.29) is 37.0 Å². The van der Waals surface area contributed by atoms with Crippen LogP contribution in [0, 0.1) is 5.92 Å². The fraction of sp³-hybridized carbons (Fsp3) is 0.348. The van der Waals surface area contributed by atoms with Gasteiger partial charge in [0.1, 0.15) is 11.5 Å². The number of ether oxygens (including phenoxy) is 3. The minimum atomic E-state index is -1.04. The SMILES string of the molecule is COc1ccc(N2C[C@H](C(=O)O[C@@H](CCCl)C(=O)c3ccc(Cl)cc3)CC2=O)c(OC)c1. The first kappa shape index (κ1) is 23.9. The highest BCUT2D eigenvalue weighted by atomic mass is 35.5. The molecule has 2 aromatic carbocycles. The van der Waals surface area contributed by atoms with Crippen LogP contribution in [0.3, 0.4) is 0 Å². The summed E-state index contributed by atoms with van der Waals surface area (Å²) < 4.78 is 16.1. The molecule has 1 saturated heterocycles. The molecular weight excluding hydrogens is 457 g/mol. The second kappa shape index (κ2) is 10.7. The summed E-state index contributed by atoms with van der Waals surface area (Å²) in [6.07, 6.45) is -0.914. The van der Waals surface area contributed by atoms with E-state index < -0.39 is 18.0 Å². The Morgan fingerprint density at radius 2 is 1.84 bits per heavy atom. The maximum Gasteiger partial charge on any atom is 0.312 e. The van der Waals surface area contributed by atoms with Gasteiger partial charge in [-0.3, -0.25) is 14.4 Å². The minimum Gasteiger partial charge on any atom is -0.497 e. The van der Waals surface area contributed by atoms with Gasteiger partial charge >= 0.3 is 5.97 Å². The van der Waals surface area contributed by atoms with E-state index in [4.69, 9.17) is 37.4 Å². The molecule has 0 unspecified atom stereocenters.